The second kappa shape index (κ2) is 8.47. The summed E-state index contributed by atoms with van der Waals surface area (Å²) >= 11 is 1.56. The van der Waals surface area contributed by atoms with E-state index in [4.69, 9.17) is 5.11 Å². The number of urea groups is 1. The third-order valence-corrected chi connectivity index (χ3v) is 3.48. The highest BCUT2D eigenvalue weighted by molar-refractivity contribution is 7.98. The van der Waals surface area contributed by atoms with Crippen molar-refractivity contribution in [3.05, 3.63) is 30.3 Å². The lowest BCUT2D eigenvalue weighted by molar-refractivity contribution is -0.139. The molecule has 1 aromatic rings. The summed E-state index contributed by atoms with van der Waals surface area (Å²) in [6.07, 6.45) is 2.32. The van der Waals surface area contributed by atoms with E-state index in [2.05, 4.69) is 5.32 Å². The molecule has 0 saturated heterocycles. The molecule has 110 valence electrons. The van der Waals surface area contributed by atoms with Crippen molar-refractivity contribution in [3.63, 3.8) is 0 Å². The van der Waals surface area contributed by atoms with Crippen LogP contribution in [0.3, 0.4) is 0 Å². The zero-order valence-electron chi connectivity index (χ0n) is 11.7. The molecule has 0 aliphatic heterocycles. The first-order chi connectivity index (χ1) is 9.60. The number of carboxylic acid groups (broad SMARTS) is 1. The van der Waals surface area contributed by atoms with E-state index >= 15 is 0 Å². The number of nitrogens with one attached hydrogen (secondary N) is 1. The maximum atomic E-state index is 12.2. The Morgan fingerprint density at radius 2 is 2.00 bits per heavy atom. The van der Waals surface area contributed by atoms with E-state index in [9.17, 15) is 9.59 Å². The summed E-state index contributed by atoms with van der Waals surface area (Å²) in [5.41, 5.74) is 0.751. The number of hydrogen-bond donors (Lipinski definition) is 2. The lowest BCUT2D eigenvalue weighted by atomic mass is 10.2. The maximum Gasteiger partial charge on any atom is 0.326 e. The van der Waals surface area contributed by atoms with Crippen LogP contribution >= 0.6 is 11.8 Å². The van der Waals surface area contributed by atoms with E-state index in [0.29, 0.717) is 18.7 Å². The van der Waals surface area contributed by atoms with Gasteiger partial charge in [0.05, 0.1) is 0 Å². The van der Waals surface area contributed by atoms with Crippen molar-refractivity contribution >= 4 is 29.4 Å². The standard InChI is InChI=1S/C14H20N2O3S/c1-3-16(11-7-5-4-6-8-11)14(19)15-12(13(17)18)9-10-20-2/h4-8,12H,3,9-10H2,1-2H3,(H,15,19)(H,17,18)/t12-/m0/s1. The normalized spacial score (nSPS) is 11.7. The lowest BCUT2D eigenvalue weighted by Crippen LogP contribution is -2.48. The van der Waals surface area contributed by atoms with Gasteiger partial charge in [0.2, 0.25) is 0 Å². The van der Waals surface area contributed by atoms with Crippen molar-refractivity contribution in [2.24, 2.45) is 0 Å². The zero-order chi connectivity index (χ0) is 15.0. The minimum Gasteiger partial charge on any atom is -0.480 e. The van der Waals surface area contributed by atoms with Crippen LogP contribution in [0.1, 0.15) is 13.3 Å². The number of para-hydroxylation sites is 1. The number of rotatable bonds is 7. The fourth-order valence-corrected chi connectivity index (χ4v) is 2.24. The summed E-state index contributed by atoms with van der Waals surface area (Å²) in [5.74, 6) is -0.314. The Morgan fingerprint density at radius 3 is 2.50 bits per heavy atom. The van der Waals surface area contributed by atoms with Crippen LogP contribution in [-0.4, -0.2) is 41.7 Å². The minimum atomic E-state index is -1.00. The molecule has 20 heavy (non-hydrogen) atoms. The molecule has 0 bridgehead atoms. The molecule has 5 nitrogen and oxygen atoms in total. The molecule has 0 unspecified atom stereocenters. The molecule has 1 atom stereocenters. The minimum absolute atomic E-state index is 0.382. The van der Waals surface area contributed by atoms with Gasteiger partial charge in [-0.2, -0.15) is 11.8 Å². The van der Waals surface area contributed by atoms with Gasteiger partial charge in [-0.1, -0.05) is 18.2 Å². The molecule has 1 aromatic carbocycles. The lowest BCUT2D eigenvalue weighted by Gasteiger charge is -2.24. The quantitative estimate of drug-likeness (QED) is 0.811. The van der Waals surface area contributed by atoms with Crippen LogP contribution in [0.2, 0.25) is 0 Å². The highest BCUT2D eigenvalue weighted by Crippen LogP contribution is 2.13. The average molecular weight is 296 g/mol. The highest BCUT2D eigenvalue weighted by Gasteiger charge is 2.22. The number of carbonyl (C=O) groups is 2. The second-order valence-corrected chi connectivity index (χ2v) is 5.19. The molecule has 0 saturated carbocycles. The third-order valence-electron chi connectivity index (χ3n) is 2.84. The van der Waals surface area contributed by atoms with Crippen LogP contribution in [0.25, 0.3) is 0 Å². The summed E-state index contributed by atoms with van der Waals surface area (Å²) in [5, 5.41) is 11.7. The van der Waals surface area contributed by atoms with Crippen molar-refractivity contribution in [1.82, 2.24) is 5.32 Å². The fraction of sp³-hybridized carbons (Fsp3) is 0.429. The van der Waals surface area contributed by atoms with Crippen molar-refractivity contribution < 1.29 is 14.7 Å². The second-order valence-electron chi connectivity index (χ2n) is 4.20. The molecule has 0 aliphatic rings. The smallest absolute Gasteiger partial charge is 0.326 e. The van der Waals surface area contributed by atoms with Crippen molar-refractivity contribution in [1.29, 1.82) is 0 Å². The Kier molecular flexibility index (Phi) is 6.93. The molecule has 0 aromatic heterocycles. The van der Waals surface area contributed by atoms with Gasteiger partial charge in [0.1, 0.15) is 6.04 Å². The number of carbonyl (C=O) groups excluding carboxylic acids is 1. The predicted molar refractivity (Wildman–Crippen MR) is 82.4 cm³/mol. The van der Waals surface area contributed by atoms with Crippen molar-refractivity contribution in [3.8, 4) is 0 Å². The Hall–Kier alpha value is -1.69. The SMILES string of the molecule is CCN(C(=O)N[C@@H](CCSC)C(=O)O)c1ccccc1. The number of aliphatic carboxylic acids is 1. The molecule has 0 fully saturated rings. The van der Waals surface area contributed by atoms with E-state index in [1.54, 1.807) is 11.8 Å². The highest BCUT2D eigenvalue weighted by atomic mass is 32.2. The summed E-state index contributed by atoms with van der Waals surface area (Å²) in [7, 11) is 0. The van der Waals surface area contributed by atoms with E-state index in [-0.39, 0.29) is 6.03 Å². The number of thioether (sulfide) groups is 1. The molecule has 0 spiro atoms. The van der Waals surface area contributed by atoms with Gasteiger partial charge in [-0.15, -0.1) is 0 Å². The summed E-state index contributed by atoms with van der Waals surface area (Å²) < 4.78 is 0. The van der Waals surface area contributed by atoms with E-state index in [1.807, 2.05) is 43.5 Å². The van der Waals surface area contributed by atoms with Gasteiger partial charge in [-0.25, -0.2) is 9.59 Å². The first-order valence-corrected chi connectivity index (χ1v) is 7.84. The topological polar surface area (TPSA) is 69.6 Å². The average Bonchev–Trinajstić information content (AvgIpc) is 2.45. The van der Waals surface area contributed by atoms with Crippen LogP contribution in [0.4, 0.5) is 10.5 Å². The van der Waals surface area contributed by atoms with Crippen molar-refractivity contribution in [2.45, 2.75) is 19.4 Å². The van der Waals surface area contributed by atoms with Gasteiger partial charge in [-0.05, 0) is 37.5 Å². The summed E-state index contributed by atoms with van der Waals surface area (Å²) in [4.78, 5) is 24.9. The van der Waals surface area contributed by atoms with Gasteiger partial charge in [0.25, 0.3) is 0 Å². The number of nitrogens with zero attached hydrogens (tertiary/aromatic N) is 1. The number of amides is 2. The molecule has 0 heterocycles. The zero-order valence-corrected chi connectivity index (χ0v) is 12.5. The molecular weight excluding hydrogens is 276 g/mol. The first kappa shape index (κ1) is 16.4. The first-order valence-electron chi connectivity index (χ1n) is 6.45. The molecule has 2 amide bonds. The van der Waals surface area contributed by atoms with Gasteiger partial charge in [0.15, 0.2) is 0 Å². The molecule has 0 aliphatic carbocycles. The molecule has 0 radical (unpaired) electrons. The van der Waals surface area contributed by atoms with Crippen LogP contribution in [0.5, 0.6) is 0 Å². The van der Waals surface area contributed by atoms with Gasteiger partial charge >= 0.3 is 12.0 Å². The fourth-order valence-electron chi connectivity index (χ4n) is 1.77. The number of carboxylic acids is 1. The van der Waals surface area contributed by atoms with Crippen LogP contribution < -0.4 is 10.2 Å². The largest absolute Gasteiger partial charge is 0.480 e. The predicted octanol–water partition coefficient (Wildman–Crippen LogP) is 2.43. The number of anilines is 1. The number of hydrogen-bond acceptors (Lipinski definition) is 3. The van der Waals surface area contributed by atoms with E-state index < -0.39 is 12.0 Å². The molecule has 1 rings (SSSR count). The summed E-state index contributed by atoms with van der Waals surface area (Å²) in [6, 6.07) is 7.95. The Morgan fingerprint density at radius 1 is 1.35 bits per heavy atom. The van der Waals surface area contributed by atoms with Gasteiger partial charge in [-0.3, -0.25) is 4.90 Å². The van der Waals surface area contributed by atoms with Crippen LogP contribution in [-0.2, 0) is 4.79 Å². The number of benzene rings is 1. The maximum absolute atomic E-state index is 12.2. The third kappa shape index (κ3) is 4.77. The summed E-state index contributed by atoms with van der Waals surface area (Å²) in [6.45, 7) is 2.33. The Labute approximate surface area is 123 Å². The van der Waals surface area contributed by atoms with Crippen LogP contribution in [0, 0.1) is 0 Å². The van der Waals surface area contributed by atoms with Gasteiger partial charge < -0.3 is 10.4 Å². The molecule has 6 heteroatoms. The van der Waals surface area contributed by atoms with E-state index in [1.165, 1.54) is 4.90 Å². The molecular formula is C14H20N2O3S. The van der Waals surface area contributed by atoms with Crippen molar-refractivity contribution in [2.75, 3.05) is 23.5 Å². The Balaban J connectivity index is 2.73. The Bertz CT molecular complexity index is 439. The monoisotopic (exact) mass is 296 g/mol. The molecule has 2 N–H and O–H groups in total. The van der Waals surface area contributed by atoms with E-state index in [0.717, 1.165) is 5.69 Å². The van der Waals surface area contributed by atoms with Gasteiger partial charge in [0, 0.05) is 12.2 Å². The van der Waals surface area contributed by atoms with Crippen LogP contribution in [0.15, 0.2) is 30.3 Å².